The molecule has 1 amide bonds. The second-order valence-corrected chi connectivity index (χ2v) is 4.73. The number of carbonyl (C=O) groups is 1. The quantitative estimate of drug-likeness (QED) is 0.863. The molecule has 1 aromatic carbocycles. The molecule has 2 heterocycles. The lowest BCUT2D eigenvalue weighted by Gasteiger charge is -2.06. The van der Waals surface area contributed by atoms with Crippen LogP contribution >= 0.6 is 0 Å². The molecule has 4 heteroatoms. The molecule has 96 valence electrons. The first-order valence-electron chi connectivity index (χ1n) is 6.29. The maximum absolute atomic E-state index is 12.1. The van der Waals surface area contributed by atoms with Crippen molar-refractivity contribution in [3.8, 4) is 0 Å². The van der Waals surface area contributed by atoms with Crippen molar-refractivity contribution in [2.24, 2.45) is 0 Å². The Morgan fingerprint density at radius 1 is 1.21 bits per heavy atom. The fourth-order valence-electron chi connectivity index (χ4n) is 2.18. The smallest absolute Gasteiger partial charge is 0.255 e. The highest BCUT2D eigenvalue weighted by atomic mass is 16.1. The zero-order chi connectivity index (χ0) is 13.2. The molecule has 0 fully saturated rings. The van der Waals surface area contributed by atoms with E-state index < -0.39 is 0 Å². The van der Waals surface area contributed by atoms with Gasteiger partial charge in [-0.2, -0.15) is 0 Å². The van der Waals surface area contributed by atoms with Crippen molar-refractivity contribution in [1.29, 1.82) is 0 Å². The summed E-state index contributed by atoms with van der Waals surface area (Å²) < 4.78 is 0. The van der Waals surface area contributed by atoms with Crippen LogP contribution in [0.25, 0.3) is 0 Å². The molecule has 2 N–H and O–H groups in total. The average molecular weight is 253 g/mol. The van der Waals surface area contributed by atoms with Crippen molar-refractivity contribution in [3.63, 3.8) is 0 Å². The van der Waals surface area contributed by atoms with Gasteiger partial charge in [0.1, 0.15) is 0 Å². The van der Waals surface area contributed by atoms with Crippen LogP contribution in [0, 0.1) is 6.92 Å². The van der Waals surface area contributed by atoms with E-state index in [2.05, 4.69) is 15.6 Å². The van der Waals surface area contributed by atoms with Crippen LogP contribution in [0.4, 0.5) is 5.69 Å². The fourth-order valence-corrected chi connectivity index (χ4v) is 2.18. The zero-order valence-electron chi connectivity index (χ0n) is 10.7. The topological polar surface area (TPSA) is 54.0 Å². The number of pyridine rings is 1. The first-order chi connectivity index (χ1) is 9.22. The van der Waals surface area contributed by atoms with Crippen LogP contribution in [0.15, 0.2) is 36.5 Å². The van der Waals surface area contributed by atoms with Crippen LogP contribution in [0.5, 0.6) is 0 Å². The minimum atomic E-state index is -0.0969. The molecule has 0 spiro atoms. The molecule has 0 atom stereocenters. The molecule has 2 aromatic rings. The Morgan fingerprint density at radius 3 is 2.84 bits per heavy atom. The number of hydrogen-bond acceptors (Lipinski definition) is 3. The van der Waals surface area contributed by atoms with Crippen molar-refractivity contribution in [2.75, 3.05) is 5.32 Å². The van der Waals surface area contributed by atoms with Gasteiger partial charge in [0.05, 0.1) is 11.9 Å². The third-order valence-electron chi connectivity index (χ3n) is 3.27. The van der Waals surface area contributed by atoms with E-state index >= 15 is 0 Å². The van der Waals surface area contributed by atoms with Crippen molar-refractivity contribution in [3.05, 3.63) is 58.9 Å². The molecule has 3 rings (SSSR count). The van der Waals surface area contributed by atoms with E-state index in [9.17, 15) is 4.79 Å². The number of nitrogens with one attached hydrogen (secondary N) is 2. The van der Waals surface area contributed by atoms with Crippen molar-refractivity contribution in [2.45, 2.75) is 20.0 Å². The van der Waals surface area contributed by atoms with Gasteiger partial charge in [-0.1, -0.05) is 6.07 Å². The fraction of sp³-hybridized carbons (Fsp3) is 0.200. The number of aromatic nitrogens is 1. The summed E-state index contributed by atoms with van der Waals surface area (Å²) in [6.45, 7) is 3.64. The number of amides is 1. The minimum Gasteiger partial charge on any atom is -0.321 e. The average Bonchev–Trinajstić information content (AvgIpc) is 2.88. The van der Waals surface area contributed by atoms with Gasteiger partial charge in [0.15, 0.2) is 0 Å². The molecule has 0 radical (unpaired) electrons. The van der Waals surface area contributed by atoms with Gasteiger partial charge < -0.3 is 10.6 Å². The molecule has 19 heavy (non-hydrogen) atoms. The summed E-state index contributed by atoms with van der Waals surface area (Å²) in [5.41, 5.74) is 4.81. The molecule has 0 bridgehead atoms. The number of hydrogen-bond donors (Lipinski definition) is 2. The largest absolute Gasteiger partial charge is 0.321 e. The lowest BCUT2D eigenvalue weighted by Crippen LogP contribution is -2.12. The van der Waals surface area contributed by atoms with Gasteiger partial charge in [-0.3, -0.25) is 9.78 Å². The molecular formula is C15H15N3O. The predicted molar refractivity (Wildman–Crippen MR) is 73.9 cm³/mol. The van der Waals surface area contributed by atoms with Crippen LogP contribution < -0.4 is 10.6 Å². The van der Waals surface area contributed by atoms with Crippen LogP contribution in [0.3, 0.4) is 0 Å². The Balaban J connectivity index is 1.78. The molecule has 1 aliphatic rings. The number of anilines is 1. The summed E-state index contributed by atoms with van der Waals surface area (Å²) in [5.74, 6) is -0.0969. The highest BCUT2D eigenvalue weighted by molar-refractivity contribution is 6.04. The van der Waals surface area contributed by atoms with Crippen molar-refractivity contribution < 1.29 is 4.79 Å². The lowest BCUT2D eigenvalue weighted by atomic mass is 10.1. The van der Waals surface area contributed by atoms with E-state index in [1.165, 1.54) is 11.1 Å². The lowest BCUT2D eigenvalue weighted by molar-refractivity contribution is 0.102. The number of benzene rings is 1. The maximum atomic E-state index is 12.1. The SMILES string of the molecule is Cc1ccc(NC(=O)c2ccc3c(c2)CNC3)cn1. The molecule has 0 unspecified atom stereocenters. The number of rotatable bonds is 2. The monoisotopic (exact) mass is 253 g/mol. The van der Waals surface area contributed by atoms with Gasteiger partial charge in [-0.25, -0.2) is 0 Å². The Bertz CT molecular complexity index is 620. The summed E-state index contributed by atoms with van der Waals surface area (Å²) in [5, 5.41) is 6.12. The van der Waals surface area contributed by atoms with E-state index in [1.54, 1.807) is 6.20 Å². The molecule has 0 saturated heterocycles. The highest BCUT2D eigenvalue weighted by Crippen LogP contribution is 2.18. The van der Waals surface area contributed by atoms with E-state index in [1.807, 2.05) is 37.3 Å². The van der Waals surface area contributed by atoms with Gasteiger partial charge in [0, 0.05) is 24.3 Å². The molecule has 4 nitrogen and oxygen atoms in total. The van der Waals surface area contributed by atoms with Crippen LogP contribution in [0.2, 0.25) is 0 Å². The molecular weight excluding hydrogens is 238 g/mol. The van der Waals surface area contributed by atoms with Crippen LogP contribution in [-0.4, -0.2) is 10.9 Å². The summed E-state index contributed by atoms with van der Waals surface area (Å²) in [6, 6.07) is 9.56. The zero-order valence-corrected chi connectivity index (χ0v) is 10.7. The predicted octanol–water partition coefficient (Wildman–Crippen LogP) is 2.25. The molecule has 0 aliphatic carbocycles. The Hall–Kier alpha value is -2.20. The van der Waals surface area contributed by atoms with Crippen molar-refractivity contribution in [1.82, 2.24) is 10.3 Å². The number of fused-ring (bicyclic) bond motifs is 1. The number of carbonyl (C=O) groups excluding carboxylic acids is 1. The van der Waals surface area contributed by atoms with E-state index in [0.717, 1.165) is 18.8 Å². The Kier molecular flexibility index (Phi) is 3.01. The normalized spacial score (nSPS) is 13.1. The summed E-state index contributed by atoms with van der Waals surface area (Å²) in [4.78, 5) is 16.3. The minimum absolute atomic E-state index is 0.0969. The summed E-state index contributed by atoms with van der Waals surface area (Å²) in [6.07, 6.45) is 1.67. The molecule has 0 saturated carbocycles. The van der Waals surface area contributed by atoms with Crippen LogP contribution in [0.1, 0.15) is 27.2 Å². The highest BCUT2D eigenvalue weighted by Gasteiger charge is 2.13. The third kappa shape index (κ3) is 2.48. The maximum Gasteiger partial charge on any atom is 0.255 e. The Labute approximate surface area is 111 Å². The number of aryl methyl sites for hydroxylation is 1. The van der Waals surface area contributed by atoms with Gasteiger partial charge in [-0.15, -0.1) is 0 Å². The third-order valence-corrected chi connectivity index (χ3v) is 3.27. The van der Waals surface area contributed by atoms with Gasteiger partial charge in [0.2, 0.25) is 0 Å². The second-order valence-electron chi connectivity index (χ2n) is 4.73. The van der Waals surface area contributed by atoms with E-state index in [-0.39, 0.29) is 5.91 Å². The first-order valence-corrected chi connectivity index (χ1v) is 6.29. The van der Waals surface area contributed by atoms with Gasteiger partial charge in [-0.05, 0) is 42.3 Å². The Morgan fingerprint density at radius 2 is 2.05 bits per heavy atom. The van der Waals surface area contributed by atoms with E-state index in [4.69, 9.17) is 0 Å². The van der Waals surface area contributed by atoms with Gasteiger partial charge >= 0.3 is 0 Å². The van der Waals surface area contributed by atoms with Crippen LogP contribution in [-0.2, 0) is 13.1 Å². The van der Waals surface area contributed by atoms with E-state index in [0.29, 0.717) is 11.3 Å². The second kappa shape index (κ2) is 4.82. The number of nitrogens with zero attached hydrogens (tertiary/aromatic N) is 1. The van der Waals surface area contributed by atoms with Crippen molar-refractivity contribution >= 4 is 11.6 Å². The first kappa shape index (κ1) is 11.9. The molecule has 1 aliphatic heterocycles. The molecule has 1 aromatic heterocycles. The summed E-state index contributed by atoms with van der Waals surface area (Å²) in [7, 11) is 0. The summed E-state index contributed by atoms with van der Waals surface area (Å²) >= 11 is 0. The van der Waals surface area contributed by atoms with Gasteiger partial charge in [0.25, 0.3) is 5.91 Å². The standard InChI is InChI=1S/C15H15N3O/c1-10-2-5-14(9-17-10)18-15(19)11-3-4-12-7-16-8-13(12)6-11/h2-6,9,16H,7-8H2,1H3,(H,18,19).